The summed E-state index contributed by atoms with van der Waals surface area (Å²) in [5.41, 5.74) is 1.25. The Bertz CT molecular complexity index is 834. The Morgan fingerprint density at radius 2 is 1.95 bits per heavy atom. The highest BCUT2D eigenvalue weighted by Crippen LogP contribution is 2.38. The van der Waals surface area contributed by atoms with Crippen LogP contribution in [-0.4, -0.2) is 15.6 Å². The Balaban J connectivity index is 2.51. The molecule has 0 bridgehead atoms. The molecule has 2 aromatic rings. The summed E-state index contributed by atoms with van der Waals surface area (Å²) in [6, 6.07) is 1.42. The van der Waals surface area contributed by atoms with Gasteiger partial charge < -0.3 is 9.67 Å². The molecule has 1 aromatic heterocycles. The molecule has 0 unspecified atom stereocenters. The van der Waals surface area contributed by atoms with E-state index in [9.17, 15) is 19.1 Å². The van der Waals surface area contributed by atoms with Gasteiger partial charge in [0.25, 0.3) is 0 Å². The SMILES string of the molecule is CCc1c(F)cc2c(=O)c(C(=O)O)cn(C3CC3)c2c1CC. The van der Waals surface area contributed by atoms with Gasteiger partial charge in [-0.25, -0.2) is 9.18 Å². The minimum Gasteiger partial charge on any atom is -0.477 e. The van der Waals surface area contributed by atoms with Gasteiger partial charge in [-0.1, -0.05) is 13.8 Å². The molecule has 1 aliphatic carbocycles. The van der Waals surface area contributed by atoms with Crippen LogP contribution in [0.25, 0.3) is 10.9 Å². The van der Waals surface area contributed by atoms with E-state index in [1.54, 1.807) is 0 Å². The lowest BCUT2D eigenvalue weighted by Gasteiger charge is -2.18. The largest absolute Gasteiger partial charge is 0.477 e. The van der Waals surface area contributed by atoms with Crippen LogP contribution in [0.3, 0.4) is 0 Å². The van der Waals surface area contributed by atoms with Crippen LogP contribution in [0.1, 0.15) is 54.2 Å². The van der Waals surface area contributed by atoms with Crippen molar-refractivity contribution in [2.24, 2.45) is 0 Å². The number of aryl methyl sites for hydroxylation is 1. The fourth-order valence-electron chi connectivity index (χ4n) is 3.16. The van der Waals surface area contributed by atoms with Crippen molar-refractivity contribution >= 4 is 16.9 Å². The molecule has 1 aromatic carbocycles. The Morgan fingerprint density at radius 1 is 1.32 bits per heavy atom. The summed E-state index contributed by atoms with van der Waals surface area (Å²) in [7, 11) is 0. The quantitative estimate of drug-likeness (QED) is 0.942. The molecule has 1 heterocycles. The molecule has 116 valence electrons. The number of rotatable bonds is 4. The minimum atomic E-state index is -1.26. The van der Waals surface area contributed by atoms with Crippen molar-refractivity contribution in [3.8, 4) is 0 Å². The van der Waals surface area contributed by atoms with Gasteiger partial charge >= 0.3 is 5.97 Å². The second-order valence-corrected chi connectivity index (χ2v) is 5.73. The topological polar surface area (TPSA) is 59.3 Å². The van der Waals surface area contributed by atoms with Crippen LogP contribution in [0.2, 0.25) is 0 Å². The second kappa shape index (κ2) is 5.23. The molecule has 3 rings (SSSR count). The maximum Gasteiger partial charge on any atom is 0.341 e. The fourth-order valence-corrected chi connectivity index (χ4v) is 3.16. The lowest BCUT2D eigenvalue weighted by Crippen LogP contribution is -2.20. The van der Waals surface area contributed by atoms with Crippen molar-refractivity contribution in [2.75, 3.05) is 0 Å². The van der Waals surface area contributed by atoms with Gasteiger partial charge in [-0.05, 0) is 42.9 Å². The van der Waals surface area contributed by atoms with E-state index in [0.717, 1.165) is 18.4 Å². The second-order valence-electron chi connectivity index (χ2n) is 5.73. The lowest BCUT2D eigenvalue weighted by molar-refractivity contribution is 0.0695. The normalized spacial score (nSPS) is 14.5. The predicted molar refractivity (Wildman–Crippen MR) is 82.2 cm³/mol. The predicted octanol–water partition coefficient (Wildman–Crippen LogP) is 3.30. The molecule has 22 heavy (non-hydrogen) atoms. The molecule has 1 aliphatic rings. The van der Waals surface area contributed by atoms with Crippen LogP contribution in [0.4, 0.5) is 4.39 Å². The number of fused-ring (bicyclic) bond motifs is 1. The van der Waals surface area contributed by atoms with Crippen LogP contribution in [0, 0.1) is 5.82 Å². The van der Waals surface area contributed by atoms with Crippen LogP contribution in [-0.2, 0) is 12.8 Å². The number of carboxylic acid groups (broad SMARTS) is 1. The summed E-state index contributed by atoms with van der Waals surface area (Å²) < 4.78 is 16.2. The smallest absolute Gasteiger partial charge is 0.341 e. The summed E-state index contributed by atoms with van der Waals surface area (Å²) in [5, 5.41) is 9.42. The van der Waals surface area contributed by atoms with E-state index in [4.69, 9.17) is 0 Å². The van der Waals surface area contributed by atoms with Crippen LogP contribution < -0.4 is 5.43 Å². The number of aromatic carboxylic acids is 1. The van der Waals surface area contributed by atoms with Crippen molar-refractivity contribution in [3.05, 3.63) is 45.0 Å². The number of hydrogen-bond donors (Lipinski definition) is 1. The number of halogens is 1. The average molecular weight is 303 g/mol. The zero-order valence-electron chi connectivity index (χ0n) is 12.6. The van der Waals surface area contributed by atoms with Gasteiger partial charge in [0.2, 0.25) is 5.43 Å². The first kappa shape index (κ1) is 14.8. The van der Waals surface area contributed by atoms with Crippen molar-refractivity contribution in [1.82, 2.24) is 4.57 Å². The summed E-state index contributed by atoms with van der Waals surface area (Å²) in [4.78, 5) is 23.7. The van der Waals surface area contributed by atoms with E-state index in [2.05, 4.69) is 0 Å². The van der Waals surface area contributed by atoms with Crippen LogP contribution in [0.5, 0.6) is 0 Å². The maximum absolute atomic E-state index is 14.3. The van der Waals surface area contributed by atoms with Crippen LogP contribution in [0.15, 0.2) is 17.1 Å². The Hall–Kier alpha value is -2.17. The molecule has 1 fully saturated rings. The molecule has 1 N–H and O–H groups in total. The maximum atomic E-state index is 14.3. The number of carboxylic acids is 1. The highest BCUT2D eigenvalue weighted by molar-refractivity contribution is 5.94. The van der Waals surface area contributed by atoms with Crippen molar-refractivity contribution in [2.45, 2.75) is 45.6 Å². The average Bonchev–Trinajstić information content (AvgIpc) is 3.31. The molecular weight excluding hydrogens is 285 g/mol. The first-order valence-corrected chi connectivity index (χ1v) is 7.61. The molecule has 4 nitrogen and oxygen atoms in total. The van der Waals surface area contributed by atoms with E-state index in [-0.39, 0.29) is 17.0 Å². The molecular formula is C17H18FNO3. The van der Waals surface area contributed by atoms with Gasteiger partial charge in [0, 0.05) is 17.6 Å². The van der Waals surface area contributed by atoms with E-state index >= 15 is 0 Å². The monoisotopic (exact) mass is 303 g/mol. The van der Waals surface area contributed by atoms with E-state index in [0.29, 0.717) is 23.9 Å². The highest BCUT2D eigenvalue weighted by atomic mass is 19.1. The van der Waals surface area contributed by atoms with Crippen molar-refractivity contribution in [1.29, 1.82) is 0 Å². The zero-order chi connectivity index (χ0) is 16.0. The zero-order valence-corrected chi connectivity index (χ0v) is 12.6. The summed E-state index contributed by atoms with van der Waals surface area (Å²) in [5.74, 6) is -1.69. The number of carbonyl (C=O) groups is 1. The molecule has 5 heteroatoms. The van der Waals surface area contributed by atoms with Crippen molar-refractivity contribution in [3.63, 3.8) is 0 Å². The van der Waals surface area contributed by atoms with Gasteiger partial charge in [0.1, 0.15) is 11.4 Å². The molecule has 0 saturated heterocycles. The third-order valence-electron chi connectivity index (χ3n) is 4.36. The van der Waals surface area contributed by atoms with Gasteiger partial charge in [-0.3, -0.25) is 4.79 Å². The molecule has 0 spiro atoms. The van der Waals surface area contributed by atoms with Gasteiger partial charge in [0.15, 0.2) is 0 Å². The van der Waals surface area contributed by atoms with Gasteiger partial charge in [-0.15, -0.1) is 0 Å². The van der Waals surface area contributed by atoms with E-state index < -0.39 is 17.2 Å². The summed E-state index contributed by atoms with van der Waals surface area (Å²) in [6.07, 6.45) is 4.50. The number of benzene rings is 1. The minimum absolute atomic E-state index is 0.179. The summed E-state index contributed by atoms with van der Waals surface area (Å²) in [6.45, 7) is 3.81. The lowest BCUT2D eigenvalue weighted by atomic mass is 9.97. The Labute approximate surface area is 127 Å². The molecule has 0 radical (unpaired) electrons. The molecule has 1 saturated carbocycles. The third kappa shape index (κ3) is 2.12. The Morgan fingerprint density at radius 3 is 2.45 bits per heavy atom. The van der Waals surface area contributed by atoms with E-state index in [1.807, 2.05) is 18.4 Å². The van der Waals surface area contributed by atoms with Crippen LogP contribution >= 0.6 is 0 Å². The number of nitrogens with zero attached hydrogens (tertiary/aromatic N) is 1. The molecule has 0 aliphatic heterocycles. The highest BCUT2D eigenvalue weighted by Gasteiger charge is 2.28. The molecule has 0 atom stereocenters. The fraction of sp³-hybridized carbons (Fsp3) is 0.412. The molecule has 0 amide bonds. The first-order valence-electron chi connectivity index (χ1n) is 7.61. The first-order chi connectivity index (χ1) is 10.5. The van der Waals surface area contributed by atoms with Gasteiger partial charge in [-0.2, -0.15) is 0 Å². The Kier molecular flexibility index (Phi) is 3.51. The van der Waals surface area contributed by atoms with Gasteiger partial charge in [0.05, 0.1) is 5.52 Å². The summed E-state index contributed by atoms with van der Waals surface area (Å²) >= 11 is 0. The van der Waals surface area contributed by atoms with E-state index in [1.165, 1.54) is 12.3 Å². The number of hydrogen-bond acceptors (Lipinski definition) is 2. The van der Waals surface area contributed by atoms with Crippen molar-refractivity contribution < 1.29 is 14.3 Å². The third-order valence-corrected chi connectivity index (χ3v) is 4.36. The number of pyridine rings is 1. The standard InChI is InChI=1S/C17H18FNO3/c1-3-10-11(4-2)15-12(7-14(10)18)16(20)13(17(21)22)8-19(15)9-5-6-9/h7-9H,3-6H2,1-2H3,(H,21,22). The number of aromatic nitrogens is 1.